The molecule has 0 bridgehead atoms. The zero-order chi connectivity index (χ0) is 14.5. The van der Waals surface area contributed by atoms with Crippen LogP contribution in [0.25, 0.3) is 0 Å². The summed E-state index contributed by atoms with van der Waals surface area (Å²) in [6.07, 6.45) is 2.91. The van der Waals surface area contributed by atoms with Crippen LogP contribution in [0, 0.1) is 5.82 Å². The van der Waals surface area contributed by atoms with E-state index >= 15 is 0 Å². The van der Waals surface area contributed by atoms with Gasteiger partial charge in [0.25, 0.3) is 0 Å². The Bertz CT molecular complexity index is 610. The van der Waals surface area contributed by atoms with E-state index in [-0.39, 0.29) is 17.8 Å². The Labute approximate surface area is 127 Å². The average Bonchev–Trinajstić information content (AvgIpc) is 2.45. The predicted octanol–water partition coefficient (Wildman–Crippen LogP) is 5.02. The van der Waals surface area contributed by atoms with Crippen LogP contribution in [-0.4, -0.2) is 12.0 Å². The second kappa shape index (κ2) is 6.91. The number of ketones is 1. The predicted molar refractivity (Wildman–Crippen MR) is 82.3 cm³/mol. The van der Waals surface area contributed by atoms with Gasteiger partial charge in [0.15, 0.2) is 5.78 Å². The first-order valence-corrected chi connectivity index (χ1v) is 7.81. The summed E-state index contributed by atoms with van der Waals surface area (Å²) in [5, 5.41) is 0.298. The lowest BCUT2D eigenvalue weighted by Crippen LogP contribution is -2.04. The molecule has 0 aliphatic heterocycles. The van der Waals surface area contributed by atoms with Crippen LogP contribution >= 0.6 is 23.4 Å². The van der Waals surface area contributed by atoms with Crippen LogP contribution in [0.15, 0.2) is 47.4 Å². The van der Waals surface area contributed by atoms with Gasteiger partial charge in [0.2, 0.25) is 0 Å². The largest absolute Gasteiger partial charge is 0.294 e. The Morgan fingerprint density at radius 3 is 2.50 bits per heavy atom. The van der Waals surface area contributed by atoms with Crippen molar-refractivity contribution in [2.24, 2.45) is 0 Å². The zero-order valence-corrected chi connectivity index (χ0v) is 12.6. The van der Waals surface area contributed by atoms with E-state index in [0.29, 0.717) is 11.4 Å². The topological polar surface area (TPSA) is 17.1 Å². The first kappa shape index (κ1) is 15.1. The fourth-order valence-electron chi connectivity index (χ4n) is 1.90. The summed E-state index contributed by atoms with van der Waals surface area (Å²) in [5.74, 6) is -0.756. The van der Waals surface area contributed by atoms with Gasteiger partial charge < -0.3 is 0 Å². The molecule has 0 aliphatic carbocycles. The Hall–Kier alpha value is -1.32. The highest BCUT2D eigenvalue weighted by atomic mass is 35.5. The molecule has 104 valence electrons. The SMILES string of the molecule is CSc1ccc(CCC(=O)c2ccc(Cl)cc2F)cc1. The number of halogens is 2. The smallest absolute Gasteiger partial charge is 0.166 e. The summed E-state index contributed by atoms with van der Waals surface area (Å²) in [7, 11) is 0. The second-order valence-corrected chi connectivity index (χ2v) is 5.71. The number of benzene rings is 2. The highest BCUT2D eigenvalue weighted by molar-refractivity contribution is 7.98. The lowest BCUT2D eigenvalue weighted by atomic mass is 10.0. The molecule has 0 heterocycles. The molecule has 2 aromatic rings. The van der Waals surface area contributed by atoms with E-state index in [1.165, 1.54) is 23.1 Å². The van der Waals surface area contributed by atoms with E-state index < -0.39 is 5.82 Å². The number of aryl methyl sites for hydroxylation is 1. The van der Waals surface area contributed by atoms with Crippen LogP contribution in [0.5, 0.6) is 0 Å². The third kappa shape index (κ3) is 3.84. The summed E-state index contributed by atoms with van der Waals surface area (Å²) < 4.78 is 13.6. The molecular formula is C16H14ClFOS. The number of carbonyl (C=O) groups is 1. The standard InChI is InChI=1S/C16H14ClFOS/c1-20-13-6-2-11(3-7-13)4-9-16(19)14-8-5-12(17)10-15(14)18/h2-3,5-8,10H,4,9H2,1H3. The summed E-state index contributed by atoms with van der Waals surface area (Å²) in [6.45, 7) is 0. The van der Waals surface area contributed by atoms with Gasteiger partial charge in [0.05, 0.1) is 5.56 Å². The van der Waals surface area contributed by atoms with Gasteiger partial charge in [-0.25, -0.2) is 4.39 Å². The molecule has 0 amide bonds. The minimum absolute atomic E-state index is 0.107. The molecule has 20 heavy (non-hydrogen) atoms. The van der Waals surface area contributed by atoms with Crippen molar-refractivity contribution in [2.75, 3.05) is 6.26 Å². The van der Waals surface area contributed by atoms with Gasteiger partial charge in [-0.3, -0.25) is 4.79 Å². The molecule has 0 radical (unpaired) electrons. The van der Waals surface area contributed by atoms with Crippen molar-refractivity contribution in [1.82, 2.24) is 0 Å². The highest BCUT2D eigenvalue weighted by Gasteiger charge is 2.12. The molecule has 1 nitrogen and oxygen atoms in total. The lowest BCUT2D eigenvalue weighted by molar-refractivity contribution is 0.0979. The van der Waals surface area contributed by atoms with E-state index in [0.717, 1.165) is 5.56 Å². The minimum atomic E-state index is -0.555. The fraction of sp³-hybridized carbons (Fsp3) is 0.188. The normalized spacial score (nSPS) is 10.6. The Morgan fingerprint density at radius 2 is 1.90 bits per heavy atom. The zero-order valence-electron chi connectivity index (χ0n) is 11.0. The van der Waals surface area contributed by atoms with Crippen LogP contribution in [-0.2, 0) is 6.42 Å². The van der Waals surface area contributed by atoms with E-state index in [4.69, 9.17) is 11.6 Å². The van der Waals surface area contributed by atoms with Crippen LogP contribution in [0.1, 0.15) is 22.3 Å². The van der Waals surface area contributed by atoms with Crippen LogP contribution < -0.4 is 0 Å². The van der Waals surface area contributed by atoms with Crippen LogP contribution in [0.3, 0.4) is 0 Å². The first-order valence-electron chi connectivity index (χ1n) is 6.21. The number of thioether (sulfide) groups is 1. The third-order valence-corrected chi connectivity index (χ3v) is 4.01. The maximum absolute atomic E-state index is 13.6. The van der Waals surface area contributed by atoms with E-state index in [9.17, 15) is 9.18 Å². The van der Waals surface area contributed by atoms with Crippen molar-refractivity contribution in [3.63, 3.8) is 0 Å². The molecule has 4 heteroatoms. The van der Waals surface area contributed by atoms with Gasteiger partial charge in [0.1, 0.15) is 5.82 Å². The van der Waals surface area contributed by atoms with Gasteiger partial charge in [-0.05, 0) is 48.6 Å². The first-order chi connectivity index (χ1) is 9.60. The summed E-state index contributed by atoms with van der Waals surface area (Å²) in [4.78, 5) is 13.2. The van der Waals surface area contributed by atoms with Gasteiger partial charge in [0, 0.05) is 16.3 Å². The Balaban J connectivity index is 2.00. The molecule has 0 N–H and O–H groups in total. The monoisotopic (exact) mass is 308 g/mol. The molecule has 0 saturated carbocycles. The summed E-state index contributed by atoms with van der Waals surface area (Å²) >= 11 is 7.34. The molecule has 0 aromatic heterocycles. The molecule has 0 saturated heterocycles. The van der Waals surface area contributed by atoms with Gasteiger partial charge in [-0.1, -0.05) is 23.7 Å². The third-order valence-electron chi connectivity index (χ3n) is 3.03. The molecule has 0 spiro atoms. The lowest BCUT2D eigenvalue weighted by Gasteiger charge is -2.04. The van der Waals surface area contributed by atoms with Gasteiger partial charge >= 0.3 is 0 Å². The number of hydrogen-bond donors (Lipinski definition) is 0. The molecule has 2 aromatic carbocycles. The number of carbonyl (C=O) groups excluding carboxylic acids is 1. The fourth-order valence-corrected chi connectivity index (χ4v) is 2.47. The van der Waals surface area contributed by atoms with Crippen molar-refractivity contribution in [2.45, 2.75) is 17.7 Å². The van der Waals surface area contributed by atoms with Gasteiger partial charge in [-0.2, -0.15) is 0 Å². The quantitative estimate of drug-likeness (QED) is 0.570. The molecule has 2 rings (SSSR count). The van der Waals surface area contributed by atoms with Crippen molar-refractivity contribution in [3.8, 4) is 0 Å². The minimum Gasteiger partial charge on any atom is -0.294 e. The molecule has 0 unspecified atom stereocenters. The van der Waals surface area contributed by atoms with Crippen LogP contribution in [0.4, 0.5) is 4.39 Å². The maximum Gasteiger partial charge on any atom is 0.166 e. The average molecular weight is 309 g/mol. The molecule has 0 aliphatic rings. The summed E-state index contributed by atoms with van der Waals surface area (Å²) in [5.41, 5.74) is 1.18. The van der Waals surface area contributed by atoms with E-state index in [1.807, 2.05) is 30.5 Å². The number of Topliss-reactive ketones (excluding diaryl/α,β-unsaturated/α-hetero) is 1. The van der Waals surface area contributed by atoms with Crippen molar-refractivity contribution in [3.05, 3.63) is 64.4 Å². The van der Waals surface area contributed by atoms with E-state index in [2.05, 4.69) is 0 Å². The van der Waals surface area contributed by atoms with Crippen molar-refractivity contribution >= 4 is 29.1 Å². The molecule has 0 fully saturated rings. The maximum atomic E-state index is 13.6. The van der Waals surface area contributed by atoms with Crippen LogP contribution in [0.2, 0.25) is 5.02 Å². The van der Waals surface area contributed by atoms with E-state index in [1.54, 1.807) is 11.8 Å². The second-order valence-electron chi connectivity index (χ2n) is 4.40. The Kier molecular flexibility index (Phi) is 5.21. The number of hydrogen-bond acceptors (Lipinski definition) is 2. The molecular weight excluding hydrogens is 295 g/mol. The number of rotatable bonds is 5. The molecule has 0 atom stereocenters. The highest BCUT2D eigenvalue weighted by Crippen LogP contribution is 2.18. The van der Waals surface area contributed by atoms with Crippen molar-refractivity contribution < 1.29 is 9.18 Å². The summed E-state index contributed by atoms with van der Waals surface area (Å²) in [6, 6.07) is 12.2. The van der Waals surface area contributed by atoms with Gasteiger partial charge in [-0.15, -0.1) is 11.8 Å². The Morgan fingerprint density at radius 1 is 1.20 bits per heavy atom. The van der Waals surface area contributed by atoms with Crippen molar-refractivity contribution in [1.29, 1.82) is 0 Å².